The van der Waals surface area contributed by atoms with Crippen LogP contribution < -0.4 is 0 Å². The molecule has 132 valence electrons. The Kier molecular flexibility index (Phi) is 3.50. The summed E-state index contributed by atoms with van der Waals surface area (Å²) in [5.41, 5.74) is 0.300. The summed E-state index contributed by atoms with van der Waals surface area (Å²) in [6, 6.07) is 0. The van der Waals surface area contributed by atoms with Crippen LogP contribution >= 0.6 is 0 Å². The average molecular weight is 331 g/mol. The molecule has 0 aromatic carbocycles. The molecule has 4 saturated carbocycles. The van der Waals surface area contributed by atoms with Crippen molar-refractivity contribution in [2.24, 2.45) is 45.6 Å². The molecule has 0 spiro atoms. The second-order valence-electron chi connectivity index (χ2n) is 9.47. The number of ketones is 2. The molecule has 4 fully saturated rings. The van der Waals surface area contributed by atoms with Gasteiger partial charge in [-0.2, -0.15) is 0 Å². The number of hydrogen-bond acceptors (Lipinski definition) is 4. The number of carbonyl (C=O) groups is 2. The first-order chi connectivity index (χ1) is 11.3. The number of Topliss-reactive ketones (excluding diaryl/α,β-unsaturated/α-hetero) is 2. The number of fused-ring (bicyclic) bond motifs is 5. The molecule has 7 atom stereocenters. The molecule has 0 saturated heterocycles. The van der Waals surface area contributed by atoms with Crippen molar-refractivity contribution in [2.45, 2.75) is 65.7 Å². The van der Waals surface area contributed by atoms with Gasteiger partial charge in [-0.3, -0.25) is 9.59 Å². The maximum atomic E-state index is 12.5. The van der Waals surface area contributed by atoms with Gasteiger partial charge < -0.3 is 5.21 Å². The van der Waals surface area contributed by atoms with Gasteiger partial charge in [0.25, 0.3) is 0 Å². The monoisotopic (exact) mass is 331 g/mol. The first kappa shape index (κ1) is 16.3. The zero-order chi connectivity index (χ0) is 17.3. The molecule has 4 aliphatic rings. The van der Waals surface area contributed by atoms with Crippen molar-refractivity contribution >= 4 is 17.3 Å². The van der Waals surface area contributed by atoms with E-state index in [2.05, 4.69) is 25.9 Å². The van der Waals surface area contributed by atoms with Crippen LogP contribution in [0.5, 0.6) is 0 Å². The first-order valence-electron chi connectivity index (χ1n) is 9.58. The lowest BCUT2D eigenvalue weighted by atomic mass is 9.43. The molecule has 0 aromatic rings. The third-order valence-corrected chi connectivity index (χ3v) is 8.56. The minimum Gasteiger partial charge on any atom is -0.411 e. The molecule has 1 unspecified atom stereocenters. The van der Waals surface area contributed by atoms with Crippen LogP contribution in [0.25, 0.3) is 0 Å². The summed E-state index contributed by atoms with van der Waals surface area (Å²) in [7, 11) is 0. The van der Waals surface area contributed by atoms with Crippen molar-refractivity contribution in [1.29, 1.82) is 0 Å². The largest absolute Gasteiger partial charge is 0.411 e. The predicted octanol–water partition coefficient (Wildman–Crippen LogP) is 3.85. The molecular weight excluding hydrogens is 302 g/mol. The Balaban J connectivity index is 1.72. The predicted molar refractivity (Wildman–Crippen MR) is 90.9 cm³/mol. The molecule has 4 rings (SSSR count). The van der Waals surface area contributed by atoms with E-state index in [9.17, 15) is 14.8 Å². The minimum atomic E-state index is -0.114. The van der Waals surface area contributed by atoms with E-state index < -0.39 is 0 Å². The van der Waals surface area contributed by atoms with Gasteiger partial charge in [-0.05, 0) is 60.7 Å². The standard InChI is InChI=1S/C20H29NO3/c1-11-8-12-9-16(22)15(21-24)10-20(12,3)14-6-7-19(2)13(18(11)14)4-5-17(19)23/h11-14,18,24H,4-10H2,1-3H3/t11-,12?,13+,14+,18+,19+,20+/m1/s1. The van der Waals surface area contributed by atoms with Gasteiger partial charge in [-0.15, -0.1) is 0 Å². The molecule has 4 aliphatic carbocycles. The van der Waals surface area contributed by atoms with Gasteiger partial charge in [-0.1, -0.05) is 25.9 Å². The molecule has 1 N–H and O–H groups in total. The molecule has 0 bridgehead atoms. The third-order valence-electron chi connectivity index (χ3n) is 8.56. The smallest absolute Gasteiger partial charge is 0.180 e. The molecule has 0 radical (unpaired) electrons. The van der Waals surface area contributed by atoms with Gasteiger partial charge in [-0.25, -0.2) is 0 Å². The topological polar surface area (TPSA) is 66.7 Å². The Labute approximate surface area is 144 Å². The number of rotatable bonds is 0. The highest BCUT2D eigenvalue weighted by Gasteiger charge is 2.62. The molecule has 4 nitrogen and oxygen atoms in total. The van der Waals surface area contributed by atoms with Crippen LogP contribution in [0.1, 0.15) is 65.7 Å². The Hall–Kier alpha value is -1.19. The number of nitrogens with zero attached hydrogens (tertiary/aromatic N) is 1. The van der Waals surface area contributed by atoms with E-state index in [1.165, 1.54) is 0 Å². The second kappa shape index (κ2) is 5.15. The molecule has 0 heterocycles. The number of oxime groups is 1. The second-order valence-corrected chi connectivity index (χ2v) is 9.47. The summed E-state index contributed by atoms with van der Waals surface area (Å²) in [5, 5.41) is 12.6. The molecule has 0 aliphatic heterocycles. The normalized spacial score (nSPS) is 52.8. The summed E-state index contributed by atoms with van der Waals surface area (Å²) >= 11 is 0. The van der Waals surface area contributed by atoms with E-state index in [-0.39, 0.29) is 16.6 Å². The Morgan fingerprint density at radius 3 is 2.62 bits per heavy atom. The van der Waals surface area contributed by atoms with Crippen LogP contribution in [0, 0.1) is 40.4 Å². The third kappa shape index (κ3) is 1.94. The van der Waals surface area contributed by atoms with Crippen molar-refractivity contribution in [3.8, 4) is 0 Å². The van der Waals surface area contributed by atoms with Crippen LogP contribution in [0.4, 0.5) is 0 Å². The average Bonchev–Trinajstić information content (AvgIpc) is 2.84. The fourth-order valence-corrected chi connectivity index (χ4v) is 7.19. The van der Waals surface area contributed by atoms with E-state index in [0.717, 1.165) is 32.1 Å². The van der Waals surface area contributed by atoms with E-state index in [0.29, 0.717) is 53.9 Å². The molecule has 0 amide bonds. The Morgan fingerprint density at radius 2 is 1.92 bits per heavy atom. The van der Waals surface area contributed by atoms with Crippen LogP contribution in [-0.4, -0.2) is 22.5 Å². The van der Waals surface area contributed by atoms with Crippen molar-refractivity contribution < 1.29 is 14.8 Å². The number of carbonyl (C=O) groups excluding carboxylic acids is 2. The maximum absolute atomic E-state index is 12.5. The van der Waals surface area contributed by atoms with Crippen LogP contribution in [0.15, 0.2) is 5.16 Å². The van der Waals surface area contributed by atoms with Crippen LogP contribution in [0.3, 0.4) is 0 Å². The van der Waals surface area contributed by atoms with Crippen LogP contribution in [0.2, 0.25) is 0 Å². The highest BCUT2D eigenvalue weighted by atomic mass is 16.4. The summed E-state index contributed by atoms with van der Waals surface area (Å²) < 4.78 is 0. The summed E-state index contributed by atoms with van der Waals surface area (Å²) in [4.78, 5) is 24.7. The van der Waals surface area contributed by atoms with E-state index in [4.69, 9.17) is 0 Å². The summed E-state index contributed by atoms with van der Waals surface area (Å²) in [6.45, 7) is 6.86. The van der Waals surface area contributed by atoms with Gasteiger partial charge in [0.15, 0.2) is 5.78 Å². The van der Waals surface area contributed by atoms with E-state index in [1.54, 1.807) is 0 Å². The molecule has 4 heteroatoms. The fraction of sp³-hybridized carbons (Fsp3) is 0.850. The van der Waals surface area contributed by atoms with Crippen molar-refractivity contribution in [2.75, 3.05) is 0 Å². The highest BCUT2D eigenvalue weighted by Crippen LogP contribution is 2.66. The lowest BCUT2D eigenvalue weighted by molar-refractivity contribution is -0.145. The molecule has 0 aromatic heterocycles. The first-order valence-corrected chi connectivity index (χ1v) is 9.58. The van der Waals surface area contributed by atoms with Gasteiger partial charge in [0.2, 0.25) is 0 Å². The van der Waals surface area contributed by atoms with Crippen molar-refractivity contribution in [1.82, 2.24) is 0 Å². The fourth-order valence-electron chi connectivity index (χ4n) is 7.19. The lowest BCUT2D eigenvalue weighted by Gasteiger charge is -2.61. The van der Waals surface area contributed by atoms with Crippen LogP contribution in [-0.2, 0) is 9.59 Å². The van der Waals surface area contributed by atoms with Gasteiger partial charge in [0.1, 0.15) is 11.5 Å². The number of hydrogen-bond donors (Lipinski definition) is 1. The highest BCUT2D eigenvalue weighted by molar-refractivity contribution is 6.40. The minimum absolute atomic E-state index is 0.0299. The van der Waals surface area contributed by atoms with Gasteiger partial charge in [0.05, 0.1) is 0 Å². The molecular formula is C20H29NO3. The van der Waals surface area contributed by atoms with Gasteiger partial charge >= 0.3 is 0 Å². The summed E-state index contributed by atoms with van der Waals surface area (Å²) in [5.74, 6) is 3.09. The Morgan fingerprint density at radius 1 is 1.17 bits per heavy atom. The van der Waals surface area contributed by atoms with E-state index in [1.807, 2.05) is 0 Å². The van der Waals surface area contributed by atoms with Crippen molar-refractivity contribution in [3.63, 3.8) is 0 Å². The van der Waals surface area contributed by atoms with Crippen molar-refractivity contribution in [3.05, 3.63) is 0 Å². The zero-order valence-corrected chi connectivity index (χ0v) is 15.0. The molecule has 24 heavy (non-hydrogen) atoms. The lowest BCUT2D eigenvalue weighted by Crippen LogP contribution is -2.57. The maximum Gasteiger partial charge on any atom is 0.180 e. The zero-order valence-electron chi connectivity index (χ0n) is 15.0. The quantitative estimate of drug-likeness (QED) is 0.541. The Bertz CT molecular complexity index is 626. The SMILES string of the molecule is C[C@@H]1CC2CC(=O)C(=NO)C[C@]2(C)[C@H]2CC[C@]3(C)C(=O)CC[C@H]3[C@H]12. The summed E-state index contributed by atoms with van der Waals surface area (Å²) in [6.07, 6.45) is 6.08. The van der Waals surface area contributed by atoms with Gasteiger partial charge in [0, 0.05) is 24.7 Å². The van der Waals surface area contributed by atoms with E-state index >= 15 is 0 Å².